The number of anilines is 1. The number of carboxylic acids is 1. The molecule has 1 amide bonds. The highest BCUT2D eigenvalue weighted by atomic mass is 79.9. The molecule has 0 aliphatic rings. The first kappa shape index (κ1) is 14.5. The topological polar surface area (TPSA) is 86.6 Å². The number of aromatic carboxylic acids is 1. The largest absolute Gasteiger partial charge is 0.507 e. The maximum atomic E-state index is 12.0. The van der Waals surface area contributed by atoms with Crippen LogP contribution in [0.4, 0.5) is 5.00 Å². The van der Waals surface area contributed by atoms with Crippen molar-refractivity contribution in [2.75, 3.05) is 5.32 Å². The van der Waals surface area contributed by atoms with E-state index in [0.717, 1.165) is 11.3 Å². The Balaban J connectivity index is 2.23. The molecule has 1 aromatic carbocycles. The van der Waals surface area contributed by atoms with Crippen LogP contribution in [-0.4, -0.2) is 22.1 Å². The first-order valence-corrected chi connectivity index (χ1v) is 7.13. The van der Waals surface area contributed by atoms with Gasteiger partial charge in [0, 0.05) is 4.47 Å². The van der Waals surface area contributed by atoms with Crippen molar-refractivity contribution in [1.29, 1.82) is 0 Å². The molecule has 20 heavy (non-hydrogen) atoms. The van der Waals surface area contributed by atoms with Gasteiger partial charge in [-0.3, -0.25) is 4.79 Å². The van der Waals surface area contributed by atoms with Crippen molar-refractivity contribution in [2.45, 2.75) is 6.92 Å². The molecule has 5 nitrogen and oxygen atoms in total. The Bertz CT molecular complexity index is 696. The average molecular weight is 356 g/mol. The second kappa shape index (κ2) is 5.64. The molecule has 0 unspecified atom stereocenters. The molecule has 0 atom stereocenters. The second-order valence-electron chi connectivity index (χ2n) is 4.04. The average Bonchev–Trinajstić information content (AvgIpc) is 2.70. The number of aryl methyl sites for hydroxylation is 1. The van der Waals surface area contributed by atoms with Crippen LogP contribution in [0, 0.1) is 6.92 Å². The molecule has 3 N–H and O–H groups in total. The Morgan fingerprint density at radius 2 is 2.00 bits per heavy atom. The second-order valence-corrected chi connectivity index (χ2v) is 6.01. The number of carbonyl (C=O) groups is 2. The maximum Gasteiger partial charge on any atom is 0.346 e. The van der Waals surface area contributed by atoms with Gasteiger partial charge in [0.25, 0.3) is 5.91 Å². The number of phenols is 1. The van der Waals surface area contributed by atoms with Gasteiger partial charge in [-0.25, -0.2) is 4.79 Å². The number of hydrogen-bond donors (Lipinski definition) is 3. The molecular formula is C13H10BrNO4S. The molecule has 0 saturated carbocycles. The number of thiophene rings is 1. The summed E-state index contributed by atoms with van der Waals surface area (Å²) in [6.45, 7) is 1.66. The van der Waals surface area contributed by atoms with Crippen LogP contribution in [0.2, 0.25) is 0 Å². The van der Waals surface area contributed by atoms with Gasteiger partial charge in [0.2, 0.25) is 0 Å². The standard InChI is InChI=1S/C13H10BrNO4S/c1-6-4-10(20-11(6)13(18)19)15-12(17)8-3-2-7(14)5-9(8)16/h2-5,16H,1H3,(H,15,17)(H,18,19). The van der Waals surface area contributed by atoms with E-state index in [2.05, 4.69) is 21.2 Å². The zero-order valence-electron chi connectivity index (χ0n) is 10.3. The van der Waals surface area contributed by atoms with Gasteiger partial charge < -0.3 is 15.5 Å². The highest BCUT2D eigenvalue weighted by Crippen LogP contribution is 2.28. The lowest BCUT2D eigenvalue weighted by Crippen LogP contribution is -2.10. The normalized spacial score (nSPS) is 10.3. The number of rotatable bonds is 3. The number of carbonyl (C=O) groups excluding carboxylic acids is 1. The Hall–Kier alpha value is -1.86. The Kier molecular flexibility index (Phi) is 4.10. The molecule has 1 heterocycles. The minimum atomic E-state index is -1.03. The summed E-state index contributed by atoms with van der Waals surface area (Å²) in [7, 11) is 0. The van der Waals surface area contributed by atoms with Gasteiger partial charge in [0.1, 0.15) is 10.6 Å². The number of phenolic OH excluding ortho intramolecular Hbond substituents is 1. The smallest absolute Gasteiger partial charge is 0.346 e. The van der Waals surface area contributed by atoms with E-state index in [9.17, 15) is 14.7 Å². The summed E-state index contributed by atoms with van der Waals surface area (Å²) in [6.07, 6.45) is 0. The van der Waals surface area contributed by atoms with E-state index in [-0.39, 0.29) is 16.2 Å². The van der Waals surface area contributed by atoms with E-state index in [4.69, 9.17) is 5.11 Å². The first-order chi connectivity index (χ1) is 9.38. The number of nitrogens with one attached hydrogen (secondary N) is 1. The molecule has 1 aromatic heterocycles. The number of aromatic hydroxyl groups is 1. The monoisotopic (exact) mass is 355 g/mol. The quantitative estimate of drug-likeness (QED) is 0.786. The Morgan fingerprint density at radius 3 is 2.55 bits per heavy atom. The van der Waals surface area contributed by atoms with Crippen LogP contribution in [-0.2, 0) is 0 Å². The third kappa shape index (κ3) is 3.00. The molecule has 0 saturated heterocycles. The van der Waals surface area contributed by atoms with Crippen molar-refractivity contribution in [2.24, 2.45) is 0 Å². The molecule has 0 spiro atoms. The fourth-order valence-corrected chi connectivity index (χ4v) is 2.89. The fraction of sp³-hybridized carbons (Fsp3) is 0.0769. The van der Waals surface area contributed by atoms with Gasteiger partial charge in [-0.1, -0.05) is 15.9 Å². The SMILES string of the molecule is Cc1cc(NC(=O)c2ccc(Br)cc2O)sc1C(=O)O. The highest BCUT2D eigenvalue weighted by Gasteiger charge is 2.16. The van der Waals surface area contributed by atoms with E-state index >= 15 is 0 Å². The van der Waals surface area contributed by atoms with E-state index < -0.39 is 11.9 Å². The van der Waals surface area contributed by atoms with Crippen molar-refractivity contribution < 1.29 is 19.8 Å². The van der Waals surface area contributed by atoms with Gasteiger partial charge >= 0.3 is 5.97 Å². The van der Waals surface area contributed by atoms with Crippen molar-refractivity contribution >= 4 is 44.1 Å². The number of carboxylic acid groups (broad SMARTS) is 1. The minimum Gasteiger partial charge on any atom is -0.507 e. The predicted octanol–water partition coefficient (Wildman–Crippen LogP) is 3.48. The van der Waals surface area contributed by atoms with Crippen LogP contribution in [0.1, 0.15) is 25.6 Å². The van der Waals surface area contributed by atoms with E-state index in [1.54, 1.807) is 19.1 Å². The molecule has 104 valence electrons. The van der Waals surface area contributed by atoms with Crippen LogP contribution >= 0.6 is 27.3 Å². The van der Waals surface area contributed by atoms with Gasteiger partial charge in [-0.2, -0.15) is 0 Å². The van der Waals surface area contributed by atoms with E-state index in [0.29, 0.717) is 15.0 Å². The molecule has 0 fully saturated rings. The van der Waals surface area contributed by atoms with Crippen LogP contribution in [0.15, 0.2) is 28.7 Å². The number of hydrogen-bond acceptors (Lipinski definition) is 4. The summed E-state index contributed by atoms with van der Waals surface area (Å²) in [4.78, 5) is 23.1. The molecule has 7 heteroatoms. The third-order valence-electron chi connectivity index (χ3n) is 2.55. The van der Waals surface area contributed by atoms with Crippen LogP contribution in [0.25, 0.3) is 0 Å². The third-order valence-corrected chi connectivity index (χ3v) is 4.19. The zero-order chi connectivity index (χ0) is 14.9. The van der Waals surface area contributed by atoms with Crippen molar-refractivity contribution in [3.63, 3.8) is 0 Å². The summed E-state index contributed by atoms with van der Waals surface area (Å²) in [6, 6.07) is 6.11. The van der Waals surface area contributed by atoms with Crippen molar-refractivity contribution in [3.05, 3.63) is 44.7 Å². The summed E-state index contributed by atoms with van der Waals surface area (Å²) >= 11 is 4.16. The summed E-state index contributed by atoms with van der Waals surface area (Å²) in [5.41, 5.74) is 0.703. The summed E-state index contributed by atoms with van der Waals surface area (Å²) in [5.74, 6) is -1.67. The lowest BCUT2D eigenvalue weighted by atomic mass is 10.2. The zero-order valence-corrected chi connectivity index (χ0v) is 12.7. The highest BCUT2D eigenvalue weighted by molar-refractivity contribution is 9.10. The molecule has 0 radical (unpaired) electrons. The molecule has 0 aliphatic heterocycles. The Morgan fingerprint density at radius 1 is 1.30 bits per heavy atom. The fourth-order valence-electron chi connectivity index (χ4n) is 1.63. The van der Waals surface area contributed by atoms with Crippen LogP contribution in [0.5, 0.6) is 5.75 Å². The van der Waals surface area contributed by atoms with Gasteiger partial charge in [0.15, 0.2) is 0 Å². The molecule has 2 rings (SSSR count). The maximum absolute atomic E-state index is 12.0. The summed E-state index contributed by atoms with van der Waals surface area (Å²) < 4.78 is 0.659. The minimum absolute atomic E-state index is 0.121. The van der Waals surface area contributed by atoms with Crippen LogP contribution < -0.4 is 5.32 Å². The van der Waals surface area contributed by atoms with Gasteiger partial charge in [0.05, 0.1) is 10.6 Å². The predicted molar refractivity (Wildman–Crippen MR) is 79.8 cm³/mol. The lowest BCUT2D eigenvalue weighted by molar-refractivity contribution is 0.0701. The van der Waals surface area contributed by atoms with Gasteiger partial charge in [-0.15, -0.1) is 11.3 Å². The van der Waals surface area contributed by atoms with E-state index in [1.165, 1.54) is 12.1 Å². The van der Waals surface area contributed by atoms with Crippen molar-refractivity contribution in [3.8, 4) is 5.75 Å². The van der Waals surface area contributed by atoms with Crippen LogP contribution in [0.3, 0.4) is 0 Å². The lowest BCUT2D eigenvalue weighted by Gasteiger charge is -2.05. The Labute approximate surface area is 127 Å². The van der Waals surface area contributed by atoms with Crippen molar-refractivity contribution in [1.82, 2.24) is 0 Å². The summed E-state index contributed by atoms with van der Waals surface area (Å²) in [5, 5.41) is 21.7. The molecule has 0 aliphatic carbocycles. The number of halogens is 1. The van der Waals surface area contributed by atoms with Gasteiger partial charge in [-0.05, 0) is 36.8 Å². The molecule has 0 bridgehead atoms. The first-order valence-electron chi connectivity index (χ1n) is 5.52. The molecule has 2 aromatic rings. The molecular weight excluding hydrogens is 346 g/mol. The number of benzene rings is 1. The van der Waals surface area contributed by atoms with E-state index in [1.807, 2.05) is 0 Å². The number of amides is 1.